The SMILES string of the molecule is CC(C)=CCC[C@](C)(O[C@H]1O[C@H](CO[C@@H]2O[C@H](CO)[C@@H](O)[C@@H]2O)[C@@H](O)[C@H](O)[C@H]1O)[C@H]1CC[C@]2(C)[C@@H]1[C@H](O)C[C@@H]1[C@@]3(C)CC[C@H](O[C@H]4O[C@H](CO)[C@@H](O)[C@H](O)[C@H]4O[C@H]4O[C@H](CO)[C@@H](O)[C@H](O)[C@H]4O)C(C)(C)[C@H]3CC[C@]12C. The highest BCUT2D eigenvalue weighted by Gasteiger charge is 2.72. The van der Waals surface area contributed by atoms with Crippen LogP contribution >= 0.6 is 0 Å². The van der Waals surface area contributed by atoms with Crippen molar-refractivity contribution in [3.63, 3.8) is 0 Å². The van der Waals surface area contributed by atoms with Gasteiger partial charge in [-0.3, -0.25) is 0 Å². The van der Waals surface area contributed by atoms with E-state index in [1.807, 2.05) is 20.8 Å². The van der Waals surface area contributed by atoms with Crippen molar-refractivity contribution >= 4 is 0 Å². The van der Waals surface area contributed by atoms with Gasteiger partial charge in [-0.2, -0.15) is 0 Å². The number of ether oxygens (including phenoxy) is 8. The average molecular weight is 1080 g/mol. The first kappa shape index (κ1) is 60.0. The number of hydrogen-bond acceptors (Lipinski definition) is 22. The molecule has 22 heteroatoms. The molecule has 0 amide bonds. The fourth-order valence-corrected chi connectivity index (χ4v) is 16.1. The third-order valence-corrected chi connectivity index (χ3v) is 20.5. The maximum Gasteiger partial charge on any atom is 0.187 e. The molecule has 14 N–H and O–H groups in total. The van der Waals surface area contributed by atoms with Crippen LogP contribution in [0.3, 0.4) is 0 Å². The van der Waals surface area contributed by atoms with Crippen LogP contribution < -0.4 is 0 Å². The summed E-state index contributed by atoms with van der Waals surface area (Å²) in [5, 5.41) is 151. The van der Waals surface area contributed by atoms with Crippen molar-refractivity contribution in [2.75, 3.05) is 26.4 Å². The van der Waals surface area contributed by atoms with E-state index < -0.39 is 172 Å². The first-order chi connectivity index (χ1) is 35.1. The monoisotopic (exact) mass is 1080 g/mol. The van der Waals surface area contributed by atoms with E-state index in [1.54, 1.807) is 0 Å². The summed E-state index contributed by atoms with van der Waals surface area (Å²) in [6, 6.07) is 0. The Kier molecular flexibility index (Phi) is 18.1. The molecule has 4 aliphatic carbocycles. The number of allylic oxidation sites excluding steroid dienone is 2. The molecule has 0 aromatic carbocycles. The maximum absolute atomic E-state index is 12.8. The summed E-state index contributed by atoms with van der Waals surface area (Å²) < 4.78 is 48.9. The summed E-state index contributed by atoms with van der Waals surface area (Å²) in [7, 11) is 0. The van der Waals surface area contributed by atoms with Gasteiger partial charge in [0.25, 0.3) is 0 Å². The highest BCUT2D eigenvalue weighted by atomic mass is 16.8. The minimum atomic E-state index is -1.81. The third kappa shape index (κ3) is 10.5. The molecule has 0 bridgehead atoms. The standard InChI is InChI=1S/C53H90O22/c1-23(2)10-9-14-53(8,75-47-43(67)39(63)37(61)29(72-47)22-68-45-41(65)36(60)28(21-56)69-45)24-11-16-52(7)33(24)25(57)18-31-50(5)15-13-32(49(3,4)30(50)12-17-51(31,52)6)73-48-44(40(64)35(59)27(20-55)71-48)74-46-42(66)38(62)34(58)26(19-54)70-46/h10,24-48,54-67H,9,11-22H2,1-8H3/t24-,25+,26+,27+,28+,29+,30+,31+,32-,33-,34+,35+,36+,37+,38-,39-,40-,41-,42+,43+,44+,45+,46+,47+,48+,50-,51+,52+,53-/m0/s1. The number of aliphatic hydroxyl groups excluding tert-OH is 14. The van der Waals surface area contributed by atoms with Crippen LogP contribution in [0.4, 0.5) is 0 Å². The predicted octanol–water partition coefficient (Wildman–Crippen LogP) is -1.56. The van der Waals surface area contributed by atoms with Gasteiger partial charge >= 0.3 is 0 Å². The zero-order valence-corrected chi connectivity index (χ0v) is 44.7. The summed E-state index contributed by atoms with van der Waals surface area (Å²) in [6.45, 7) is 14.9. The molecule has 0 aromatic rings. The van der Waals surface area contributed by atoms with Crippen LogP contribution in [0.2, 0.25) is 0 Å². The van der Waals surface area contributed by atoms with Crippen molar-refractivity contribution in [2.45, 2.75) is 248 Å². The molecule has 4 aliphatic heterocycles. The van der Waals surface area contributed by atoms with E-state index in [-0.39, 0.29) is 34.5 Å². The Morgan fingerprint density at radius 3 is 1.69 bits per heavy atom. The highest BCUT2D eigenvalue weighted by Crippen LogP contribution is 2.76. The molecule has 8 fully saturated rings. The maximum atomic E-state index is 12.8. The molecule has 29 atom stereocenters. The molecular weight excluding hydrogens is 989 g/mol. The zero-order valence-electron chi connectivity index (χ0n) is 44.7. The lowest BCUT2D eigenvalue weighted by Crippen LogP contribution is -2.68. The Balaban J connectivity index is 1.01. The lowest BCUT2D eigenvalue weighted by Gasteiger charge is -2.71. The topological polar surface area (TPSA) is 357 Å². The van der Waals surface area contributed by atoms with Crippen LogP contribution in [0.5, 0.6) is 0 Å². The van der Waals surface area contributed by atoms with E-state index in [4.69, 9.17) is 37.9 Å². The third-order valence-electron chi connectivity index (χ3n) is 20.5. The molecule has 4 saturated carbocycles. The molecule has 0 radical (unpaired) electrons. The molecule has 8 aliphatic rings. The van der Waals surface area contributed by atoms with Crippen LogP contribution in [0, 0.1) is 45.3 Å². The van der Waals surface area contributed by atoms with Gasteiger partial charge in [0.2, 0.25) is 0 Å². The van der Waals surface area contributed by atoms with Crippen molar-refractivity contribution in [1.29, 1.82) is 0 Å². The quantitative estimate of drug-likeness (QED) is 0.0614. The van der Waals surface area contributed by atoms with Gasteiger partial charge in [-0.1, -0.05) is 46.3 Å². The van der Waals surface area contributed by atoms with E-state index >= 15 is 0 Å². The van der Waals surface area contributed by atoms with Crippen LogP contribution in [-0.4, -0.2) is 232 Å². The van der Waals surface area contributed by atoms with Gasteiger partial charge in [-0.05, 0) is 124 Å². The van der Waals surface area contributed by atoms with Gasteiger partial charge in [0.15, 0.2) is 25.2 Å². The van der Waals surface area contributed by atoms with Gasteiger partial charge in [0.05, 0.1) is 44.2 Å². The summed E-state index contributed by atoms with van der Waals surface area (Å²) in [6.07, 6.45) is -22.1. The second kappa shape index (κ2) is 22.7. The molecule has 0 aromatic heterocycles. The van der Waals surface area contributed by atoms with E-state index in [1.165, 1.54) is 0 Å². The Bertz CT molecular complexity index is 1940. The van der Waals surface area contributed by atoms with E-state index in [0.29, 0.717) is 38.5 Å². The molecule has 4 saturated heterocycles. The van der Waals surface area contributed by atoms with Crippen molar-refractivity contribution in [3.8, 4) is 0 Å². The first-order valence-electron chi connectivity index (χ1n) is 27.3. The molecular formula is C53H90O22. The number of fused-ring (bicyclic) bond motifs is 5. The largest absolute Gasteiger partial charge is 0.394 e. The van der Waals surface area contributed by atoms with Crippen molar-refractivity contribution in [1.82, 2.24) is 0 Å². The van der Waals surface area contributed by atoms with Crippen LogP contribution in [0.15, 0.2) is 11.6 Å². The van der Waals surface area contributed by atoms with E-state index in [9.17, 15) is 71.5 Å². The smallest absolute Gasteiger partial charge is 0.187 e. The molecule has 0 unspecified atom stereocenters. The Morgan fingerprint density at radius 1 is 0.560 bits per heavy atom. The second-order valence-electron chi connectivity index (χ2n) is 25.3. The van der Waals surface area contributed by atoms with E-state index in [2.05, 4.69) is 40.7 Å². The highest BCUT2D eigenvalue weighted by molar-refractivity contribution is 5.20. The van der Waals surface area contributed by atoms with Crippen molar-refractivity contribution in [2.24, 2.45) is 45.3 Å². The first-order valence-corrected chi connectivity index (χ1v) is 27.3. The summed E-state index contributed by atoms with van der Waals surface area (Å²) in [5.74, 6) is -0.394. The van der Waals surface area contributed by atoms with Gasteiger partial charge in [-0.15, -0.1) is 0 Å². The predicted molar refractivity (Wildman–Crippen MR) is 260 cm³/mol. The lowest BCUT2D eigenvalue weighted by atomic mass is 9.35. The molecule has 8 rings (SSSR count). The molecule has 434 valence electrons. The minimum Gasteiger partial charge on any atom is -0.394 e. The van der Waals surface area contributed by atoms with Crippen LogP contribution in [0.1, 0.15) is 113 Å². The van der Waals surface area contributed by atoms with Crippen molar-refractivity contribution < 1.29 is 109 Å². The lowest BCUT2D eigenvalue weighted by molar-refractivity contribution is -0.378. The second-order valence-corrected chi connectivity index (χ2v) is 25.3. The van der Waals surface area contributed by atoms with Gasteiger partial charge in [-0.25, -0.2) is 0 Å². The average Bonchev–Trinajstić information content (AvgIpc) is 3.89. The fraction of sp³-hybridized carbons (Fsp3) is 0.962. The molecule has 4 heterocycles. The summed E-state index contributed by atoms with van der Waals surface area (Å²) >= 11 is 0. The van der Waals surface area contributed by atoms with Crippen molar-refractivity contribution in [3.05, 3.63) is 11.6 Å². The van der Waals surface area contributed by atoms with Crippen LogP contribution in [0.25, 0.3) is 0 Å². The zero-order chi connectivity index (χ0) is 55.1. The Morgan fingerprint density at radius 2 is 1.08 bits per heavy atom. The Labute approximate surface area is 439 Å². The Hall–Kier alpha value is -1.14. The van der Waals surface area contributed by atoms with Gasteiger partial charge in [0.1, 0.15) is 91.6 Å². The number of rotatable bonds is 16. The molecule has 0 spiro atoms. The van der Waals surface area contributed by atoms with Gasteiger partial charge < -0.3 is 109 Å². The van der Waals surface area contributed by atoms with Gasteiger partial charge in [0, 0.05) is 0 Å². The molecule has 75 heavy (non-hydrogen) atoms. The molecule has 22 nitrogen and oxygen atoms in total. The summed E-state index contributed by atoms with van der Waals surface area (Å²) in [4.78, 5) is 0. The normalized spacial score (nSPS) is 52.6. The summed E-state index contributed by atoms with van der Waals surface area (Å²) in [5.41, 5.74) is -1.47. The van der Waals surface area contributed by atoms with Crippen LogP contribution in [-0.2, 0) is 37.9 Å². The number of aliphatic hydroxyl groups is 14. The van der Waals surface area contributed by atoms with E-state index in [0.717, 1.165) is 24.8 Å². The number of hydrogen-bond donors (Lipinski definition) is 14. The fourth-order valence-electron chi connectivity index (χ4n) is 16.1. The minimum absolute atomic E-state index is 0.0508.